The molecular formula is C19H18N4O5. The number of aromatic nitrogens is 2. The molecule has 1 amide bonds. The fourth-order valence-corrected chi connectivity index (χ4v) is 2.62. The fourth-order valence-electron chi connectivity index (χ4n) is 2.62. The molecule has 9 heteroatoms. The van der Waals surface area contributed by atoms with Crippen LogP contribution in [0, 0.1) is 17.0 Å². The van der Waals surface area contributed by atoms with Crippen LogP contribution in [0.4, 0.5) is 11.4 Å². The molecule has 0 spiro atoms. The summed E-state index contributed by atoms with van der Waals surface area (Å²) in [4.78, 5) is 23.2. The Bertz CT molecular complexity index is 1030. The third-order valence-electron chi connectivity index (χ3n) is 3.89. The van der Waals surface area contributed by atoms with Crippen LogP contribution < -0.4 is 14.8 Å². The minimum absolute atomic E-state index is 0.206. The maximum Gasteiger partial charge on any atom is 0.275 e. The molecule has 0 saturated heterocycles. The van der Waals surface area contributed by atoms with E-state index in [0.29, 0.717) is 22.9 Å². The average molecular weight is 382 g/mol. The van der Waals surface area contributed by atoms with E-state index < -0.39 is 10.8 Å². The minimum Gasteiger partial charge on any atom is -0.497 e. The van der Waals surface area contributed by atoms with Gasteiger partial charge in [-0.15, -0.1) is 0 Å². The van der Waals surface area contributed by atoms with Crippen LogP contribution in [0.1, 0.15) is 16.2 Å². The smallest absolute Gasteiger partial charge is 0.275 e. The molecule has 0 fully saturated rings. The van der Waals surface area contributed by atoms with Crippen molar-refractivity contribution in [2.24, 2.45) is 7.05 Å². The normalized spacial score (nSPS) is 10.4. The van der Waals surface area contributed by atoms with Crippen molar-refractivity contribution in [3.05, 3.63) is 70.0 Å². The number of methoxy groups -OCH3 is 1. The molecule has 1 aromatic heterocycles. The number of hydrogen-bond acceptors (Lipinski definition) is 6. The number of nitrogens with one attached hydrogen (secondary N) is 1. The Hall–Kier alpha value is -3.88. The van der Waals surface area contributed by atoms with Gasteiger partial charge in [-0.3, -0.25) is 19.6 Å². The number of non-ortho nitro benzene ring substituents is 1. The lowest BCUT2D eigenvalue weighted by Gasteiger charge is -2.10. The zero-order valence-corrected chi connectivity index (χ0v) is 15.5. The summed E-state index contributed by atoms with van der Waals surface area (Å²) < 4.78 is 12.2. The number of carbonyl (C=O) groups excluding carboxylic acids is 1. The molecule has 28 heavy (non-hydrogen) atoms. The van der Waals surface area contributed by atoms with Gasteiger partial charge in [-0.1, -0.05) is 0 Å². The first kappa shape index (κ1) is 18.9. The van der Waals surface area contributed by atoms with Crippen molar-refractivity contribution in [2.75, 3.05) is 12.4 Å². The molecule has 3 aromatic rings. The van der Waals surface area contributed by atoms with Gasteiger partial charge in [0.2, 0.25) is 0 Å². The minimum atomic E-state index is -0.551. The second-order valence-corrected chi connectivity index (χ2v) is 6.00. The summed E-state index contributed by atoms with van der Waals surface area (Å²) in [5.74, 6) is 0.918. The van der Waals surface area contributed by atoms with Gasteiger partial charge in [0.25, 0.3) is 11.6 Å². The number of rotatable bonds is 6. The maximum absolute atomic E-state index is 12.5. The number of aryl methyl sites for hydroxylation is 2. The molecule has 3 rings (SSSR count). The van der Waals surface area contributed by atoms with Crippen molar-refractivity contribution in [3.8, 4) is 17.2 Å². The summed E-state index contributed by atoms with van der Waals surface area (Å²) >= 11 is 0. The molecule has 144 valence electrons. The van der Waals surface area contributed by atoms with Crippen LogP contribution in [0.3, 0.4) is 0 Å². The SMILES string of the molecule is COc1ccc(Oc2cc(NC(=O)c3cc(C)nn3C)cc([N+](=O)[O-])c2)cc1. The highest BCUT2D eigenvalue weighted by Gasteiger charge is 2.16. The zero-order chi connectivity index (χ0) is 20.3. The first-order valence-corrected chi connectivity index (χ1v) is 8.29. The fraction of sp³-hybridized carbons (Fsp3) is 0.158. The lowest BCUT2D eigenvalue weighted by Crippen LogP contribution is -2.16. The molecule has 0 aliphatic heterocycles. The number of nitro benzene ring substituents is 1. The van der Waals surface area contributed by atoms with Gasteiger partial charge in [0.1, 0.15) is 22.9 Å². The van der Waals surface area contributed by atoms with Crippen molar-refractivity contribution >= 4 is 17.3 Å². The molecule has 9 nitrogen and oxygen atoms in total. The van der Waals surface area contributed by atoms with Gasteiger partial charge in [0.05, 0.1) is 29.5 Å². The molecular weight excluding hydrogens is 364 g/mol. The van der Waals surface area contributed by atoms with Crippen molar-refractivity contribution in [1.82, 2.24) is 9.78 Å². The Kier molecular flexibility index (Phi) is 5.25. The van der Waals surface area contributed by atoms with E-state index in [1.165, 1.54) is 22.9 Å². The third-order valence-corrected chi connectivity index (χ3v) is 3.89. The van der Waals surface area contributed by atoms with Crippen molar-refractivity contribution in [3.63, 3.8) is 0 Å². The molecule has 0 saturated carbocycles. The third kappa shape index (κ3) is 4.26. The largest absolute Gasteiger partial charge is 0.497 e. The number of nitrogens with zero attached hydrogens (tertiary/aromatic N) is 3. The Morgan fingerprint density at radius 2 is 1.79 bits per heavy atom. The van der Waals surface area contributed by atoms with Crippen LogP contribution in [-0.2, 0) is 7.05 Å². The van der Waals surface area contributed by atoms with Crippen LogP contribution in [-0.4, -0.2) is 27.7 Å². The van der Waals surface area contributed by atoms with Crippen molar-refractivity contribution < 1.29 is 19.2 Å². The summed E-state index contributed by atoms with van der Waals surface area (Å²) in [6.45, 7) is 1.77. The first-order chi connectivity index (χ1) is 13.4. The predicted molar refractivity (Wildman–Crippen MR) is 102 cm³/mol. The number of carbonyl (C=O) groups is 1. The Morgan fingerprint density at radius 3 is 2.36 bits per heavy atom. The van der Waals surface area contributed by atoms with Crippen molar-refractivity contribution in [1.29, 1.82) is 0 Å². The number of nitro groups is 1. The number of benzene rings is 2. The van der Waals surface area contributed by atoms with Crippen LogP contribution >= 0.6 is 0 Å². The highest BCUT2D eigenvalue weighted by atomic mass is 16.6. The first-order valence-electron chi connectivity index (χ1n) is 8.29. The highest BCUT2D eigenvalue weighted by Crippen LogP contribution is 2.30. The van der Waals surface area contributed by atoms with E-state index >= 15 is 0 Å². The standard InChI is InChI=1S/C19H18N4O5/c1-12-8-18(22(2)21-12)19(24)20-13-9-14(23(25)26)11-17(10-13)28-16-6-4-15(27-3)5-7-16/h4-11H,1-3H3,(H,20,24). The van der Waals surface area contributed by atoms with Gasteiger partial charge in [-0.2, -0.15) is 5.10 Å². The Labute approximate surface area is 160 Å². The Balaban J connectivity index is 1.87. The second kappa shape index (κ2) is 7.78. The predicted octanol–water partition coefficient (Wildman–Crippen LogP) is 3.69. The molecule has 1 N–H and O–H groups in total. The quantitative estimate of drug-likeness (QED) is 0.514. The topological polar surface area (TPSA) is 109 Å². The van der Waals surface area contributed by atoms with Gasteiger partial charge in [0.15, 0.2) is 0 Å². The average Bonchev–Trinajstić information content (AvgIpc) is 3.00. The molecule has 0 radical (unpaired) electrons. The van der Waals surface area contributed by atoms with Gasteiger partial charge in [0, 0.05) is 19.2 Å². The van der Waals surface area contributed by atoms with Gasteiger partial charge in [-0.25, -0.2) is 0 Å². The van der Waals surface area contributed by atoms with Crippen LogP contribution in [0.15, 0.2) is 48.5 Å². The monoisotopic (exact) mass is 382 g/mol. The van der Waals surface area contributed by atoms with Crippen LogP contribution in [0.25, 0.3) is 0 Å². The van der Waals surface area contributed by atoms with E-state index in [4.69, 9.17) is 9.47 Å². The summed E-state index contributed by atoms with van der Waals surface area (Å²) in [7, 11) is 3.20. The maximum atomic E-state index is 12.5. The summed E-state index contributed by atoms with van der Waals surface area (Å²) in [5, 5.41) is 18.0. The summed E-state index contributed by atoms with van der Waals surface area (Å²) in [6, 6.07) is 12.5. The second-order valence-electron chi connectivity index (χ2n) is 6.00. The van der Waals surface area contributed by atoms with Crippen LogP contribution in [0.2, 0.25) is 0 Å². The molecule has 0 bridgehead atoms. The number of ether oxygens (including phenoxy) is 2. The zero-order valence-electron chi connectivity index (χ0n) is 15.5. The van der Waals surface area contributed by atoms with Crippen LogP contribution in [0.5, 0.6) is 17.2 Å². The molecule has 2 aromatic carbocycles. The van der Waals surface area contributed by atoms with E-state index in [1.54, 1.807) is 51.4 Å². The lowest BCUT2D eigenvalue weighted by molar-refractivity contribution is -0.384. The van der Waals surface area contributed by atoms with Crippen molar-refractivity contribution in [2.45, 2.75) is 6.92 Å². The molecule has 0 aliphatic carbocycles. The summed E-state index contributed by atoms with van der Waals surface area (Å²) in [6.07, 6.45) is 0. The number of hydrogen-bond donors (Lipinski definition) is 1. The van der Waals surface area contributed by atoms with Gasteiger partial charge >= 0.3 is 0 Å². The van der Waals surface area contributed by atoms with Gasteiger partial charge in [-0.05, 0) is 37.3 Å². The van der Waals surface area contributed by atoms with E-state index in [-0.39, 0.29) is 17.1 Å². The van der Waals surface area contributed by atoms with E-state index in [9.17, 15) is 14.9 Å². The molecule has 0 unspecified atom stereocenters. The van der Waals surface area contributed by atoms with E-state index in [2.05, 4.69) is 10.4 Å². The van der Waals surface area contributed by atoms with Gasteiger partial charge < -0.3 is 14.8 Å². The van der Waals surface area contributed by atoms with E-state index in [0.717, 1.165) is 0 Å². The summed E-state index contributed by atoms with van der Waals surface area (Å²) in [5.41, 5.74) is 1.06. The number of amides is 1. The lowest BCUT2D eigenvalue weighted by atomic mass is 10.2. The molecule has 0 atom stereocenters. The van der Waals surface area contributed by atoms with E-state index in [1.807, 2.05) is 0 Å². The Morgan fingerprint density at radius 1 is 1.11 bits per heavy atom. The molecule has 1 heterocycles. The molecule has 0 aliphatic rings. The highest BCUT2D eigenvalue weighted by molar-refractivity contribution is 6.03. The number of anilines is 1.